The van der Waals surface area contributed by atoms with Gasteiger partial charge in [0.05, 0.1) is 23.2 Å². The molecule has 16 heteroatoms. The Morgan fingerprint density at radius 2 is 1.59 bits per heavy atom. The number of aliphatic hydroxyl groups excluding tert-OH is 1. The van der Waals surface area contributed by atoms with Gasteiger partial charge in [0.1, 0.15) is 5.75 Å². The predicted molar refractivity (Wildman–Crippen MR) is 193 cm³/mol. The quantitative estimate of drug-likeness (QED) is 0.140. The number of nitrogens with one attached hydrogen (secondary N) is 1. The van der Waals surface area contributed by atoms with Gasteiger partial charge in [-0.25, -0.2) is 8.42 Å². The summed E-state index contributed by atoms with van der Waals surface area (Å²) in [5, 5.41) is 24.9. The van der Waals surface area contributed by atoms with E-state index in [1.165, 1.54) is 10.4 Å². The van der Waals surface area contributed by atoms with E-state index in [-0.39, 0.29) is 59.4 Å². The van der Waals surface area contributed by atoms with Crippen LogP contribution >= 0.6 is 12.4 Å². The molecular formula is C33H43ClN10O4S. The number of benzene rings is 3. The highest BCUT2D eigenvalue weighted by atomic mass is 35.5. The van der Waals surface area contributed by atoms with E-state index in [0.717, 1.165) is 11.1 Å². The number of rotatable bonds is 10. The first-order chi connectivity index (χ1) is 23.0. The molecule has 1 aromatic heterocycles. The summed E-state index contributed by atoms with van der Waals surface area (Å²) >= 11 is 0. The van der Waals surface area contributed by atoms with Crippen LogP contribution in [0.5, 0.6) is 5.75 Å². The molecule has 0 amide bonds. The number of hydrogen-bond donors (Lipinski definition) is 6. The van der Waals surface area contributed by atoms with Gasteiger partial charge >= 0.3 is 0 Å². The van der Waals surface area contributed by atoms with Crippen molar-refractivity contribution in [3.05, 3.63) is 83.9 Å². The largest absolute Gasteiger partial charge is 0.506 e. The predicted octanol–water partition coefficient (Wildman–Crippen LogP) is 2.21. The number of halogens is 1. The van der Waals surface area contributed by atoms with E-state index < -0.39 is 16.1 Å². The number of nitrogens with zero attached hydrogens (tertiary/aromatic N) is 6. The summed E-state index contributed by atoms with van der Waals surface area (Å²) in [7, 11) is -4.06. The summed E-state index contributed by atoms with van der Waals surface area (Å²) in [5.41, 5.74) is 20.8. The van der Waals surface area contributed by atoms with Crippen molar-refractivity contribution in [3.63, 3.8) is 0 Å². The lowest BCUT2D eigenvalue weighted by atomic mass is 10.0. The van der Waals surface area contributed by atoms with Gasteiger partial charge in [-0.15, -0.1) is 12.4 Å². The molecule has 2 fully saturated rings. The van der Waals surface area contributed by atoms with Crippen molar-refractivity contribution in [1.29, 1.82) is 0 Å². The maximum Gasteiger partial charge on any atom is 0.264 e. The van der Waals surface area contributed by atoms with Crippen LogP contribution in [0.2, 0.25) is 0 Å². The molecule has 0 radical (unpaired) electrons. The molecule has 9 N–H and O–H groups in total. The normalized spacial score (nSPS) is 20.9. The number of piperidine rings is 1. The highest BCUT2D eigenvalue weighted by Gasteiger charge is 2.34. The highest BCUT2D eigenvalue weighted by molar-refractivity contribution is 7.92. The van der Waals surface area contributed by atoms with Gasteiger partial charge in [-0.1, -0.05) is 48.0 Å². The van der Waals surface area contributed by atoms with Gasteiger partial charge in [0.25, 0.3) is 10.0 Å². The average Bonchev–Trinajstić information content (AvgIpc) is 3.45. The fourth-order valence-corrected chi connectivity index (χ4v) is 7.68. The third-order valence-corrected chi connectivity index (χ3v) is 10.4. The lowest BCUT2D eigenvalue weighted by Gasteiger charge is -2.35. The van der Waals surface area contributed by atoms with Crippen molar-refractivity contribution >= 4 is 51.7 Å². The Labute approximate surface area is 292 Å². The van der Waals surface area contributed by atoms with E-state index >= 15 is 0 Å². The Morgan fingerprint density at radius 3 is 2.24 bits per heavy atom. The number of phenols is 1. The number of anilines is 5. The molecule has 262 valence electrons. The Balaban J connectivity index is 0.00000468. The second kappa shape index (κ2) is 15.1. The zero-order valence-corrected chi connectivity index (χ0v) is 28.8. The van der Waals surface area contributed by atoms with Crippen LogP contribution in [0.1, 0.15) is 24.0 Å². The lowest BCUT2D eigenvalue weighted by molar-refractivity contribution is 0.194. The van der Waals surface area contributed by atoms with Gasteiger partial charge in [0.2, 0.25) is 17.8 Å². The summed E-state index contributed by atoms with van der Waals surface area (Å²) in [6, 6.07) is 19.9. The molecule has 3 aromatic carbocycles. The maximum atomic E-state index is 14.0. The highest BCUT2D eigenvalue weighted by Crippen LogP contribution is 2.36. The molecule has 0 aliphatic carbocycles. The molecule has 0 bridgehead atoms. The van der Waals surface area contributed by atoms with Gasteiger partial charge in [0, 0.05) is 56.1 Å². The van der Waals surface area contributed by atoms with Gasteiger partial charge in [0.15, 0.2) is 0 Å². The zero-order valence-electron chi connectivity index (χ0n) is 27.1. The summed E-state index contributed by atoms with van der Waals surface area (Å²) < 4.78 is 29.1. The molecule has 14 nitrogen and oxygen atoms in total. The zero-order chi connectivity index (χ0) is 34.0. The smallest absolute Gasteiger partial charge is 0.264 e. The van der Waals surface area contributed by atoms with Crippen molar-refractivity contribution in [3.8, 4) is 5.75 Å². The number of aromatic hydroxyl groups is 1. The van der Waals surface area contributed by atoms with Crippen LogP contribution in [-0.2, 0) is 16.6 Å². The topological polar surface area (TPSA) is 213 Å². The van der Waals surface area contributed by atoms with Crippen LogP contribution < -0.4 is 36.6 Å². The van der Waals surface area contributed by atoms with E-state index in [4.69, 9.17) is 22.2 Å². The summed E-state index contributed by atoms with van der Waals surface area (Å²) in [6.45, 7) is 3.51. The Morgan fingerprint density at radius 1 is 0.918 bits per heavy atom. The van der Waals surface area contributed by atoms with Crippen LogP contribution in [0.25, 0.3) is 0 Å². The molecule has 6 rings (SSSR count). The minimum Gasteiger partial charge on any atom is -0.506 e. The number of aromatic nitrogens is 3. The molecule has 3 heterocycles. The fourth-order valence-electron chi connectivity index (χ4n) is 6.21. The van der Waals surface area contributed by atoms with E-state index in [1.807, 2.05) is 47.1 Å². The molecule has 0 saturated carbocycles. The van der Waals surface area contributed by atoms with Gasteiger partial charge < -0.3 is 42.5 Å². The number of nitrogens with two attached hydrogens (primary N) is 3. The summed E-state index contributed by atoms with van der Waals surface area (Å²) in [4.78, 5) is 17.9. The van der Waals surface area contributed by atoms with Crippen LogP contribution in [0.4, 0.5) is 29.2 Å². The van der Waals surface area contributed by atoms with Gasteiger partial charge in [-0.05, 0) is 49.6 Å². The first kappa shape index (κ1) is 36.0. The first-order valence-corrected chi connectivity index (χ1v) is 17.3. The SMILES string of the molecule is Cc1ccc(S(=O)(=O)N(Cc2ccccc2)c2ccc(Nc3nc(N4C[C@H](N)C[C@H](N)C4)nc(N4C[C@H](O)C[C@@H]4CN)n3)cc2O)cc1.Cl. The minimum absolute atomic E-state index is 0. The Kier molecular flexibility index (Phi) is 11.1. The third kappa shape index (κ3) is 8.15. The molecule has 2 saturated heterocycles. The number of aryl methyl sites for hydroxylation is 1. The number of β-amino-alcohol motifs (C(OH)–C–C–N with tert-alkyl or cyclic N) is 1. The second-order valence-corrected chi connectivity index (χ2v) is 14.4. The van der Waals surface area contributed by atoms with E-state index in [1.54, 1.807) is 36.4 Å². The average molecular weight is 711 g/mol. The Bertz CT molecular complexity index is 1830. The number of sulfonamides is 1. The number of hydrogen-bond acceptors (Lipinski definition) is 13. The molecule has 4 aromatic rings. The van der Waals surface area contributed by atoms with E-state index in [9.17, 15) is 18.6 Å². The molecular weight excluding hydrogens is 668 g/mol. The Hall–Kier alpha value is -4.25. The molecule has 0 spiro atoms. The molecule has 2 aliphatic heterocycles. The van der Waals surface area contributed by atoms with Gasteiger partial charge in [-0.2, -0.15) is 15.0 Å². The monoisotopic (exact) mass is 710 g/mol. The standard InChI is InChI=1S/C33H42N10O4S.ClH/c1-21-7-10-28(11-8-21)48(46,47)43(17-22-5-3-2-4-6-22)29-12-9-25(14-30(29)45)37-31-38-32(41-18-23(35)13-24(36)19-41)40-33(39-31)42-20-27(44)15-26(42)16-34;/h2-12,14,23-24,26-27,44-45H,13,15-20,34-36H2,1H3,(H,37,38,39,40);1H/t23-,24+,26-,27-;/m1./s1. The number of phenolic OH excluding ortho intramolecular Hbond substituents is 1. The maximum absolute atomic E-state index is 14.0. The summed E-state index contributed by atoms with van der Waals surface area (Å²) in [6.07, 6.45) is 0.589. The molecule has 49 heavy (non-hydrogen) atoms. The van der Waals surface area contributed by atoms with Crippen molar-refractivity contribution in [2.75, 3.05) is 45.6 Å². The van der Waals surface area contributed by atoms with Crippen LogP contribution in [0.15, 0.2) is 77.7 Å². The van der Waals surface area contributed by atoms with Crippen molar-refractivity contribution in [2.24, 2.45) is 17.2 Å². The van der Waals surface area contributed by atoms with Crippen LogP contribution in [0, 0.1) is 6.92 Å². The minimum atomic E-state index is -4.06. The summed E-state index contributed by atoms with van der Waals surface area (Å²) in [5.74, 6) is 0.617. The number of aliphatic hydroxyl groups is 1. The van der Waals surface area contributed by atoms with Crippen LogP contribution in [0.3, 0.4) is 0 Å². The lowest BCUT2D eigenvalue weighted by Crippen LogP contribution is -2.53. The van der Waals surface area contributed by atoms with Crippen molar-refractivity contribution in [2.45, 2.75) is 55.4 Å². The van der Waals surface area contributed by atoms with Crippen LogP contribution in [-0.4, -0.2) is 84.0 Å². The molecule has 4 atom stereocenters. The molecule has 2 aliphatic rings. The second-order valence-electron chi connectivity index (χ2n) is 12.5. The van der Waals surface area contributed by atoms with Crippen molar-refractivity contribution < 1.29 is 18.6 Å². The third-order valence-electron chi connectivity index (χ3n) is 8.61. The molecule has 0 unspecified atom stereocenters. The van der Waals surface area contributed by atoms with Gasteiger partial charge in [-0.3, -0.25) is 4.31 Å². The first-order valence-electron chi connectivity index (χ1n) is 15.9. The van der Waals surface area contributed by atoms with E-state index in [2.05, 4.69) is 15.3 Å². The fraction of sp³-hybridized carbons (Fsp3) is 0.364. The van der Waals surface area contributed by atoms with Crippen molar-refractivity contribution in [1.82, 2.24) is 15.0 Å². The van der Waals surface area contributed by atoms with E-state index in [0.29, 0.717) is 56.6 Å².